The van der Waals surface area contributed by atoms with Gasteiger partial charge >= 0.3 is 18.1 Å². The topological polar surface area (TPSA) is 142 Å². The van der Waals surface area contributed by atoms with Crippen LogP contribution in [0.25, 0.3) is 0 Å². The Morgan fingerprint density at radius 1 is 1.20 bits per heavy atom. The van der Waals surface area contributed by atoms with Crippen LogP contribution < -0.4 is 21.1 Å². The van der Waals surface area contributed by atoms with Crippen LogP contribution in [0.1, 0.15) is 41.7 Å². The SMILES string of the molecule is O=C(Nc1ccn(CCC(F)Cn2cc(C(=O)NCc3cccc(OC(F)(F)F)c3)nn2)c(=O)n1)OC1CCC1. The number of carbonyl (C=O) groups is 2. The molecule has 4 rings (SSSR count). The lowest BCUT2D eigenvalue weighted by Crippen LogP contribution is -2.30. The van der Waals surface area contributed by atoms with Crippen LogP contribution in [0.4, 0.5) is 28.2 Å². The van der Waals surface area contributed by atoms with Gasteiger partial charge in [0.15, 0.2) is 5.69 Å². The highest BCUT2D eigenvalue weighted by molar-refractivity contribution is 5.91. The van der Waals surface area contributed by atoms with Crippen molar-refractivity contribution in [2.75, 3.05) is 5.32 Å². The number of hydrogen-bond acceptors (Lipinski definition) is 8. The van der Waals surface area contributed by atoms with Crippen molar-refractivity contribution in [3.8, 4) is 5.75 Å². The molecule has 1 saturated carbocycles. The molecule has 214 valence electrons. The zero-order valence-electron chi connectivity index (χ0n) is 20.9. The minimum absolute atomic E-state index is 0.00103. The summed E-state index contributed by atoms with van der Waals surface area (Å²) in [5.74, 6) is -1.06. The number of amides is 2. The number of nitrogens with zero attached hydrogens (tertiary/aromatic N) is 5. The number of alkyl halides is 4. The Kier molecular flexibility index (Phi) is 8.96. The van der Waals surface area contributed by atoms with Crippen molar-refractivity contribution >= 4 is 17.8 Å². The Hall–Kier alpha value is -4.50. The van der Waals surface area contributed by atoms with Crippen molar-refractivity contribution in [2.24, 2.45) is 0 Å². The van der Waals surface area contributed by atoms with Gasteiger partial charge in [-0.1, -0.05) is 17.3 Å². The Bertz CT molecular complexity index is 1390. The third-order valence-electron chi connectivity index (χ3n) is 5.85. The zero-order valence-corrected chi connectivity index (χ0v) is 20.9. The second kappa shape index (κ2) is 12.6. The van der Waals surface area contributed by atoms with Crippen LogP contribution in [0, 0.1) is 0 Å². The second-order valence-corrected chi connectivity index (χ2v) is 8.96. The fourth-order valence-corrected chi connectivity index (χ4v) is 3.63. The van der Waals surface area contributed by atoms with E-state index < -0.39 is 36.0 Å². The molecule has 0 saturated heterocycles. The summed E-state index contributed by atoms with van der Waals surface area (Å²) in [7, 11) is 0. The molecular weight excluding hydrogens is 542 g/mol. The first-order valence-electron chi connectivity index (χ1n) is 12.3. The van der Waals surface area contributed by atoms with Gasteiger partial charge in [-0.25, -0.2) is 18.7 Å². The molecule has 2 amide bonds. The predicted molar refractivity (Wildman–Crippen MR) is 130 cm³/mol. The molecule has 0 spiro atoms. The Balaban J connectivity index is 1.22. The molecule has 12 nitrogen and oxygen atoms in total. The lowest BCUT2D eigenvalue weighted by Gasteiger charge is -2.24. The highest BCUT2D eigenvalue weighted by atomic mass is 19.4. The molecule has 40 heavy (non-hydrogen) atoms. The smallest absolute Gasteiger partial charge is 0.446 e. The van der Waals surface area contributed by atoms with E-state index in [1.807, 2.05) is 0 Å². The largest absolute Gasteiger partial charge is 0.573 e. The molecule has 1 atom stereocenters. The van der Waals surface area contributed by atoms with Gasteiger partial charge in [0.1, 0.15) is 23.8 Å². The van der Waals surface area contributed by atoms with E-state index in [-0.39, 0.29) is 43.7 Å². The number of ether oxygens (including phenoxy) is 2. The first-order valence-corrected chi connectivity index (χ1v) is 12.3. The number of aryl methyl sites for hydroxylation is 1. The van der Waals surface area contributed by atoms with Crippen LogP contribution in [0.3, 0.4) is 0 Å². The van der Waals surface area contributed by atoms with E-state index in [4.69, 9.17) is 4.74 Å². The van der Waals surface area contributed by atoms with Crippen molar-refractivity contribution in [3.63, 3.8) is 0 Å². The van der Waals surface area contributed by atoms with Crippen LogP contribution in [-0.2, 0) is 24.4 Å². The molecule has 0 aliphatic heterocycles. The molecule has 1 aromatic carbocycles. The number of hydrogen-bond donors (Lipinski definition) is 2. The quantitative estimate of drug-likeness (QED) is 0.337. The number of halogens is 4. The average molecular weight is 568 g/mol. The maximum Gasteiger partial charge on any atom is 0.573 e. The predicted octanol–water partition coefficient (Wildman–Crippen LogP) is 3.19. The number of anilines is 1. The third-order valence-corrected chi connectivity index (χ3v) is 5.85. The summed E-state index contributed by atoms with van der Waals surface area (Å²) in [6, 6.07) is 6.52. The van der Waals surface area contributed by atoms with Gasteiger partial charge in [0.2, 0.25) is 0 Å². The van der Waals surface area contributed by atoms with Gasteiger partial charge in [0, 0.05) is 19.3 Å². The van der Waals surface area contributed by atoms with E-state index in [2.05, 4.69) is 30.7 Å². The molecule has 3 aromatic rings. The van der Waals surface area contributed by atoms with E-state index >= 15 is 0 Å². The fourth-order valence-electron chi connectivity index (χ4n) is 3.63. The lowest BCUT2D eigenvalue weighted by atomic mass is 9.96. The molecule has 2 N–H and O–H groups in total. The lowest BCUT2D eigenvalue weighted by molar-refractivity contribution is -0.274. The summed E-state index contributed by atoms with van der Waals surface area (Å²) in [5.41, 5.74) is -0.438. The fraction of sp³-hybridized carbons (Fsp3) is 0.417. The number of rotatable bonds is 11. The molecule has 1 unspecified atom stereocenters. The first kappa shape index (κ1) is 28.5. The summed E-state index contributed by atoms with van der Waals surface area (Å²) < 4.78 is 63.0. The summed E-state index contributed by atoms with van der Waals surface area (Å²) in [6.07, 6.45) is -1.96. The highest BCUT2D eigenvalue weighted by Crippen LogP contribution is 2.23. The van der Waals surface area contributed by atoms with Gasteiger partial charge in [-0.15, -0.1) is 18.3 Å². The Morgan fingerprint density at radius 3 is 2.70 bits per heavy atom. The van der Waals surface area contributed by atoms with E-state index in [9.17, 15) is 31.9 Å². The molecule has 16 heteroatoms. The molecule has 1 aliphatic carbocycles. The minimum Gasteiger partial charge on any atom is -0.446 e. The summed E-state index contributed by atoms with van der Waals surface area (Å²) >= 11 is 0. The van der Waals surface area contributed by atoms with Crippen LogP contribution in [0.2, 0.25) is 0 Å². The van der Waals surface area contributed by atoms with Crippen molar-refractivity contribution < 1.29 is 36.6 Å². The highest BCUT2D eigenvalue weighted by Gasteiger charge is 2.31. The first-order chi connectivity index (χ1) is 19.0. The van der Waals surface area contributed by atoms with E-state index in [0.717, 1.165) is 36.1 Å². The van der Waals surface area contributed by atoms with Crippen LogP contribution in [0.5, 0.6) is 5.75 Å². The molecule has 1 aliphatic rings. The van der Waals surface area contributed by atoms with Crippen molar-refractivity contribution in [1.29, 1.82) is 0 Å². The number of nitrogens with one attached hydrogen (secondary N) is 2. The van der Waals surface area contributed by atoms with Crippen molar-refractivity contribution in [2.45, 2.75) is 64.0 Å². The summed E-state index contributed by atoms with van der Waals surface area (Å²) in [5, 5.41) is 12.3. The van der Waals surface area contributed by atoms with Crippen LogP contribution in [-0.4, -0.2) is 55.2 Å². The minimum atomic E-state index is -4.84. The average Bonchev–Trinajstić information content (AvgIpc) is 3.32. The number of aromatic nitrogens is 5. The molecule has 2 heterocycles. The van der Waals surface area contributed by atoms with Gasteiger partial charge in [0.25, 0.3) is 5.91 Å². The van der Waals surface area contributed by atoms with E-state index in [1.165, 1.54) is 35.2 Å². The molecule has 1 fully saturated rings. The van der Waals surface area contributed by atoms with Crippen molar-refractivity contribution in [1.82, 2.24) is 29.9 Å². The monoisotopic (exact) mass is 567 g/mol. The number of carbonyl (C=O) groups excluding carboxylic acids is 2. The molecule has 0 bridgehead atoms. The molecule has 2 aromatic heterocycles. The Labute approximate surface area is 224 Å². The Morgan fingerprint density at radius 2 is 2.00 bits per heavy atom. The van der Waals surface area contributed by atoms with Gasteiger partial charge in [-0.3, -0.25) is 14.7 Å². The van der Waals surface area contributed by atoms with Gasteiger partial charge in [0.05, 0.1) is 12.7 Å². The third kappa shape index (κ3) is 8.51. The summed E-state index contributed by atoms with van der Waals surface area (Å²) in [4.78, 5) is 40.1. The zero-order chi connectivity index (χ0) is 28.7. The van der Waals surface area contributed by atoms with E-state index in [1.54, 1.807) is 0 Å². The van der Waals surface area contributed by atoms with Gasteiger partial charge in [-0.2, -0.15) is 4.98 Å². The van der Waals surface area contributed by atoms with Gasteiger partial charge in [-0.05, 0) is 49.4 Å². The van der Waals surface area contributed by atoms with Crippen molar-refractivity contribution in [3.05, 3.63) is 64.5 Å². The maximum absolute atomic E-state index is 14.6. The van der Waals surface area contributed by atoms with Crippen LogP contribution in [0.15, 0.2) is 47.5 Å². The standard InChI is InChI=1S/C24H25F4N7O5/c25-16(7-9-34-10-8-20(30-22(34)37)31-23(38)39-17-4-2-5-17)13-35-14-19(32-33-35)21(36)29-12-15-3-1-6-18(11-15)40-24(26,27)28/h1,3,6,8,10-11,14,16-17H,2,4-5,7,9,12-13H2,(H,29,36)(H,30,31,37,38). The second-order valence-electron chi connectivity index (χ2n) is 8.96. The number of benzene rings is 1. The molecular formula is C24H25F4N7O5. The maximum atomic E-state index is 14.6. The van der Waals surface area contributed by atoms with Crippen LogP contribution >= 0.6 is 0 Å². The normalized spacial score (nSPS) is 14.2. The van der Waals surface area contributed by atoms with Gasteiger partial charge < -0.3 is 14.8 Å². The van der Waals surface area contributed by atoms with E-state index in [0.29, 0.717) is 5.56 Å². The molecule has 0 radical (unpaired) electrons. The summed E-state index contributed by atoms with van der Waals surface area (Å²) in [6.45, 7) is -0.351.